The van der Waals surface area contributed by atoms with E-state index < -0.39 is 77.6 Å². The fourth-order valence-corrected chi connectivity index (χ4v) is 6.66. The van der Waals surface area contributed by atoms with Crippen LogP contribution in [0.15, 0.2) is 30.3 Å². The first-order chi connectivity index (χ1) is 24.6. The Labute approximate surface area is 314 Å². The van der Waals surface area contributed by atoms with Crippen molar-refractivity contribution in [2.24, 2.45) is 23.2 Å². The van der Waals surface area contributed by atoms with Crippen molar-refractivity contribution < 1.29 is 38.6 Å². The molecule has 1 saturated heterocycles. The summed E-state index contributed by atoms with van der Waals surface area (Å²) in [5.74, 6) is -2.52. The van der Waals surface area contributed by atoms with Crippen molar-refractivity contribution in [3.63, 3.8) is 0 Å². The minimum Gasteiger partial charge on any atom is -0.444 e. The standard InChI is InChI=1S/C39H62N6O8/c1-23(2)20-26-18-19-45(36(51)32(38(3,4)5)43-37(52)53-39(6,7)8)30(26)33(48)41-27(21-24-16-17-24)31(47)34(49)40-22-28(46)42-29(35(50)44(9)10)25-14-12-11-13-15-25/h11-15,23-24,26-27,29-32,47H,16-22H2,1-10H3,(H,40,49)(H,41,48)(H,42,46)(H,43,52)/t26?,27?,29-,30?,31?,32?/m0/s1. The van der Waals surface area contributed by atoms with Gasteiger partial charge in [-0.15, -0.1) is 0 Å². The lowest BCUT2D eigenvalue weighted by molar-refractivity contribution is -0.144. The van der Waals surface area contributed by atoms with Crippen LogP contribution < -0.4 is 21.3 Å². The third kappa shape index (κ3) is 13.0. The van der Waals surface area contributed by atoms with Gasteiger partial charge in [0.15, 0.2) is 6.10 Å². The normalized spacial score (nSPS) is 19.7. The zero-order valence-corrected chi connectivity index (χ0v) is 33.2. The second kappa shape index (κ2) is 18.2. The molecular weight excluding hydrogens is 680 g/mol. The summed E-state index contributed by atoms with van der Waals surface area (Å²) in [6, 6.07) is 4.86. The Bertz CT molecular complexity index is 1450. The Morgan fingerprint density at radius 2 is 1.53 bits per heavy atom. The average molecular weight is 743 g/mol. The number of aliphatic hydroxyl groups is 1. The highest BCUT2D eigenvalue weighted by molar-refractivity contribution is 5.94. The minimum atomic E-state index is -1.69. The molecule has 1 aliphatic heterocycles. The summed E-state index contributed by atoms with van der Waals surface area (Å²) >= 11 is 0. The van der Waals surface area contributed by atoms with Crippen LogP contribution in [0.25, 0.3) is 0 Å². The van der Waals surface area contributed by atoms with Gasteiger partial charge in [0.25, 0.3) is 5.91 Å². The summed E-state index contributed by atoms with van der Waals surface area (Å²) in [6.45, 7) is 14.5. The third-order valence-corrected chi connectivity index (χ3v) is 9.43. The average Bonchev–Trinajstić information content (AvgIpc) is 3.78. The molecule has 2 fully saturated rings. The van der Waals surface area contributed by atoms with Crippen molar-refractivity contribution in [3.8, 4) is 0 Å². The van der Waals surface area contributed by atoms with Gasteiger partial charge in [0, 0.05) is 20.6 Å². The first-order valence-electron chi connectivity index (χ1n) is 18.7. The number of nitrogens with one attached hydrogen (secondary N) is 4. The molecule has 0 bridgehead atoms. The highest BCUT2D eigenvalue weighted by atomic mass is 16.6. The monoisotopic (exact) mass is 742 g/mol. The topological polar surface area (TPSA) is 186 Å². The molecule has 1 aliphatic carbocycles. The van der Waals surface area contributed by atoms with Crippen LogP contribution in [-0.2, 0) is 28.7 Å². The van der Waals surface area contributed by atoms with E-state index >= 15 is 0 Å². The lowest BCUT2D eigenvalue weighted by Gasteiger charge is -2.37. The molecule has 2 aliphatic rings. The molecule has 6 amide bonds. The summed E-state index contributed by atoms with van der Waals surface area (Å²) in [4.78, 5) is 83.3. The van der Waals surface area contributed by atoms with Crippen LogP contribution in [0.5, 0.6) is 0 Å². The van der Waals surface area contributed by atoms with E-state index in [-0.39, 0.29) is 23.7 Å². The molecule has 1 saturated carbocycles. The summed E-state index contributed by atoms with van der Waals surface area (Å²) in [5.41, 5.74) is -0.930. The van der Waals surface area contributed by atoms with Gasteiger partial charge in [0.2, 0.25) is 23.6 Å². The van der Waals surface area contributed by atoms with Gasteiger partial charge in [0.1, 0.15) is 23.7 Å². The molecule has 296 valence electrons. The third-order valence-electron chi connectivity index (χ3n) is 9.43. The quantitative estimate of drug-likeness (QED) is 0.182. The second-order valence-corrected chi connectivity index (χ2v) is 17.2. The molecule has 1 aromatic carbocycles. The number of carbonyl (C=O) groups is 6. The van der Waals surface area contributed by atoms with Gasteiger partial charge in [-0.25, -0.2) is 4.79 Å². The van der Waals surface area contributed by atoms with E-state index in [0.717, 1.165) is 12.8 Å². The van der Waals surface area contributed by atoms with Crippen LogP contribution in [0, 0.1) is 23.2 Å². The Hall–Kier alpha value is -4.20. The van der Waals surface area contributed by atoms with Gasteiger partial charge in [-0.1, -0.05) is 77.8 Å². The van der Waals surface area contributed by atoms with Crippen molar-refractivity contribution in [2.45, 2.75) is 123 Å². The van der Waals surface area contributed by atoms with Crippen LogP contribution in [0.2, 0.25) is 0 Å². The highest BCUT2D eigenvalue weighted by Gasteiger charge is 2.47. The fraction of sp³-hybridized carbons (Fsp3) is 0.692. The Morgan fingerprint density at radius 1 is 0.906 bits per heavy atom. The van der Waals surface area contributed by atoms with Crippen LogP contribution in [-0.4, -0.2) is 108 Å². The maximum absolute atomic E-state index is 14.3. The van der Waals surface area contributed by atoms with Gasteiger partial charge >= 0.3 is 6.09 Å². The summed E-state index contributed by atoms with van der Waals surface area (Å²) < 4.78 is 5.45. The second-order valence-electron chi connectivity index (χ2n) is 17.2. The predicted molar refractivity (Wildman–Crippen MR) is 200 cm³/mol. The molecule has 6 atom stereocenters. The van der Waals surface area contributed by atoms with E-state index in [1.54, 1.807) is 65.2 Å². The molecule has 53 heavy (non-hydrogen) atoms. The molecule has 0 radical (unpaired) electrons. The molecule has 14 nitrogen and oxygen atoms in total. The molecule has 5 N–H and O–H groups in total. The number of ether oxygens (including phenoxy) is 1. The zero-order valence-electron chi connectivity index (χ0n) is 33.2. The predicted octanol–water partition coefficient (Wildman–Crippen LogP) is 2.90. The van der Waals surface area contributed by atoms with Gasteiger partial charge in [-0.05, 0) is 68.8 Å². The fourth-order valence-electron chi connectivity index (χ4n) is 6.66. The van der Waals surface area contributed by atoms with Crippen LogP contribution >= 0.6 is 0 Å². The molecule has 3 rings (SSSR count). The molecular formula is C39H62N6O8. The maximum Gasteiger partial charge on any atom is 0.408 e. The molecule has 0 aromatic heterocycles. The SMILES string of the molecule is CC(C)CC1CCN(C(=O)C(NC(=O)OC(C)(C)C)C(C)(C)C)C1C(=O)NC(CC1CC1)C(O)C(=O)NCC(=O)N[C@H](C(=O)N(C)C)c1ccccc1. The number of hydrogen-bond donors (Lipinski definition) is 5. The van der Waals surface area contributed by atoms with Gasteiger partial charge < -0.3 is 40.9 Å². The van der Waals surface area contributed by atoms with E-state index in [2.05, 4.69) is 21.3 Å². The molecule has 14 heteroatoms. The van der Waals surface area contributed by atoms with Gasteiger partial charge in [0.05, 0.1) is 12.6 Å². The van der Waals surface area contributed by atoms with E-state index in [1.807, 2.05) is 34.6 Å². The number of aliphatic hydroxyl groups excluding tert-OH is 1. The number of amides is 6. The Kier molecular flexibility index (Phi) is 14.9. The van der Waals surface area contributed by atoms with Crippen LogP contribution in [0.4, 0.5) is 4.79 Å². The lowest BCUT2D eigenvalue weighted by atomic mass is 9.85. The zero-order chi connectivity index (χ0) is 39.8. The lowest BCUT2D eigenvalue weighted by Crippen LogP contribution is -2.60. The number of likely N-dealkylation sites (N-methyl/N-ethyl adjacent to an activating group) is 1. The van der Waals surface area contributed by atoms with Crippen LogP contribution in [0.3, 0.4) is 0 Å². The van der Waals surface area contributed by atoms with Crippen molar-refractivity contribution in [1.29, 1.82) is 0 Å². The number of alkyl carbamates (subject to hydrolysis) is 1. The van der Waals surface area contributed by atoms with Crippen LogP contribution in [0.1, 0.15) is 99.1 Å². The van der Waals surface area contributed by atoms with Crippen molar-refractivity contribution >= 4 is 35.6 Å². The molecule has 1 aromatic rings. The van der Waals surface area contributed by atoms with Crippen molar-refractivity contribution in [2.75, 3.05) is 27.2 Å². The van der Waals surface area contributed by atoms with E-state index in [1.165, 1.54) is 9.80 Å². The van der Waals surface area contributed by atoms with Gasteiger partial charge in [-0.3, -0.25) is 24.0 Å². The number of hydrogen-bond acceptors (Lipinski definition) is 8. The van der Waals surface area contributed by atoms with Gasteiger partial charge in [-0.2, -0.15) is 0 Å². The Balaban J connectivity index is 1.77. The maximum atomic E-state index is 14.3. The number of benzene rings is 1. The van der Waals surface area contributed by atoms with E-state index in [4.69, 9.17) is 4.74 Å². The number of nitrogens with zero attached hydrogens (tertiary/aromatic N) is 2. The molecule has 5 unspecified atom stereocenters. The largest absolute Gasteiger partial charge is 0.444 e. The number of likely N-dealkylation sites (tertiary alicyclic amines) is 1. The Morgan fingerprint density at radius 3 is 2.06 bits per heavy atom. The number of rotatable bonds is 15. The highest BCUT2D eigenvalue weighted by Crippen LogP contribution is 2.36. The summed E-state index contributed by atoms with van der Waals surface area (Å²) in [6.07, 6.45) is 0.905. The van der Waals surface area contributed by atoms with E-state index in [9.17, 15) is 33.9 Å². The minimum absolute atomic E-state index is 0.195. The van der Waals surface area contributed by atoms with Crippen molar-refractivity contribution in [1.82, 2.24) is 31.1 Å². The molecule has 1 heterocycles. The molecule has 0 spiro atoms. The first-order valence-corrected chi connectivity index (χ1v) is 18.7. The first kappa shape index (κ1) is 43.2. The number of carbonyl (C=O) groups excluding carboxylic acids is 6. The smallest absolute Gasteiger partial charge is 0.408 e. The summed E-state index contributed by atoms with van der Waals surface area (Å²) in [7, 11) is 3.15. The van der Waals surface area contributed by atoms with Crippen molar-refractivity contribution in [3.05, 3.63) is 35.9 Å². The van der Waals surface area contributed by atoms with E-state index in [0.29, 0.717) is 31.4 Å². The summed E-state index contributed by atoms with van der Waals surface area (Å²) in [5, 5.41) is 22.1.